The van der Waals surface area contributed by atoms with Crippen LogP contribution in [0.15, 0.2) is 54.9 Å². The molecule has 1 atom stereocenters. The van der Waals surface area contributed by atoms with Gasteiger partial charge in [0.05, 0.1) is 6.67 Å². The highest BCUT2D eigenvalue weighted by Gasteiger charge is 2.32. The Morgan fingerprint density at radius 3 is 2.63 bits per heavy atom. The Kier molecular flexibility index (Phi) is 4.38. The number of hydrogen-bond acceptors (Lipinski definition) is 4. The smallest absolute Gasteiger partial charge is 0.203 e. The Bertz CT molecular complexity index is 975. The van der Waals surface area contributed by atoms with Crippen molar-refractivity contribution >= 4 is 12.2 Å². The zero-order valence-electron chi connectivity index (χ0n) is 15.2. The third-order valence-corrected chi connectivity index (χ3v) is 5.96. The van der Waals surface area contributed by atoms with Crippen molar-refractivity contribution in [2.24, 2.45) is 0 Å². The Balaban J connectivity index is 1.48. The van der Waals surface area contributed by atoms with Gasteiger partial charge >= 0.3 is 0 Å². The Hall–Kier alpha value is -2.31. The summed E-state index contributed by atoms with van der Waals surface area (Å²) in [5.74, 6) is 1.66. The maximum absolute atomic E-state index is 5.86. The molecule has 3 heterocycles. The summed E-state index contributed by atoms with van der Waals surface area (Å²) in [5, 5.41) is 4.96. The zero-order valence-corrected chi connectivity index (χ0v) is 16.1. The molecule has 2 aliphatic rings. The molecule has 5 rings (SSSR count). The summed E-state index contributed by atoms with van der Waals surface area (Å²) in [6, 6.07) is 15.0. The van der Waals surface area contributed by atoms with Crippen molar-refractivity contribution in [3.05, 3.63) is 71.0 Å². The van der Waals surface area contributed by atoms with Crippen molar-refractivity contribution in [3.63, 3.8) is 0 Å². The van der Waals surface area contributed by atoms with Gasteiger partial charge in [-0.2, -0.15) is 5.10 Å². The second-order valence-electron chi connectivity index (χ2n) is 7.48. The number of hydrogen-bond donors (Lipinski definition) is 0. The highest BCUT2D eigenvalue weighted by Crippen LogP contribution is 2.40. The first-order valence-corrected chi connectivity index (χ1v) is 10.1. The number of aromatic nitrogens is 4. The summed E-state index contributed by atoms with van der Waals surface area (Å²) < 4.78 is 4.98. The monoisotopic (exact) mass is 377 g/mol. The van der Waals surface area contributed by atoms with E-state index in [1.165, 1.54) is 24.8 Å². The van der Waals surface area contributed by atoms with Gasteiger partial charge < -0.3 is 0 Å². The van der Waals surface area contributed by atoms with E-state index in [1.54, 1.807) is 0 Å². The molecule has 0 unspecified atom stereocenters. The van der Waals surface area contributed by atoms with E-state index in [2.05, 4.69) is 44.8 Å². The minimum Gasteiger partial charge on any atom is -0.277 e. The highest BCUT2D eigenvalue weighted by atomic mass is 32.1. The van der Waals surface area contributed by atoms with Gasteiger partial charge in [-0.15, -0.1) is 0 Å². The molecule has 138 valence electrons. The first-order chi connectivity index (χ1) is 13.3. The van der Waals surface area contributed by atoms with E-state index in [0.717, 1.165) is 35.9 Å². The molecule has 2 fully saturated rings. The molecule has 1 aliphatic heterocycles. The van der Waals surface area contributed by atoms with Crippen LogP contribution in [0.4, 0.5) is 0 Å². The number of nitrogens with zero attached hydrogens (tertiary/aromatic N) is 5. The largest absolute Gasteiger partial charge is 0.277 e. The molecular formula is C21H23N5S. The molecule has 27 heavy (non-hydrogen) atoms. The lowest BCUT2D eigenvalue weighted by atomic mass is 10.1. The third kappa shape index (κ3) is 3.24. The van der Waals surface area contributed by atoms with E-state index in [9.17, 15) is 0 Å². The van der Waals surface area contributed by atoms with E-state index in [0.29, 0.717) is 12.0 Å². The van der Waals surface area contributed by atoms with Crippen LogP contribution in [-0.2, 0) is 6.67 Å². The molecular weight excluding hydrogens is 354 g/mol. The molecule has 0 bridgehead atoms. The SMILES string of the molecule is S=c1n(CN2CCC[C@@H]2c2cccnc2)nc(C2CC2)n1-c1ccccc1. The van der Waals surface area contributed by atoms with Crippen LogP contribution in [0.1, 0.15) is 49.0 Å². The topological polar surface area (TPSA) is 38.9 Å². The van der Waals surface area contributed by atoms with Crippen molar-refractivity contribution in [1.29, 1.82) is 0 Å². The van der Waals surface area contributed by atoms with E-state index in [4.69, 9.17) is 17.3 Å². The third-order valence-electron chi connectivity index (χ3n) is 5.57. The molecule has 5 nitrogen and oxygen atoms in total. The van der Waals surface area contributed by atoms with Crippen LogP contribution in [0.3, 0.4) is 0 Å². The fraction of sp³-hybridized carbons (Fsp3) is 0.381. The molecule has 0 N–H and O–H groups in total. The fourth-order valence-electron chi connectivity index (χ4n) is 4.06. The molecule has 1 saturated carbocycles. The minimum absolute atomic E-state index is 0.395. The van der Waals surface area contributed by atoms with Crippen molar-refractivity contribution in [2.75, 3.05) is 6.54 Å². The lowest BCUT2D eigenvalue weighted by Crippen LogP contribution is -2.27. The standard InChI is InChI=1S/C21H23N5S/c27-21-25(15-24-13-5-9-19(24)17-6-4-12-22-14-17)23-20(16-10-11-16)26(21)18-7-2-1-3-8-18/h1-4,6-8,12,14,16,19H,5,9-11,13,15H2/t19-/m1/s1. The summed E-state index contributed by atoms with van der Waals surface area (Å²) in [7, 11) is 0. The predicted octanol–water partition coefficient (Wildman–Crippen LogP) is 4.47. The average Bonchev–Trinajstić information content (AvgIpc) is 3.37. The predicted molar refractivity (Wildman–Crippen MR) is 107 cm³/mol. The quantitative estimate of drug-likeness (QED) is 0.615. The van der Waals surface area contributed by atoms with Gasteiger partial charge in [0.25, 0.3) is 0 Å². The molecule has 0 amide bonds. The van der Waals surface area contributed by atoms with Gasteiger partial charge in [0, 0.05) is 36.6 Å². The fourth-order valence-corrected chi connectivity index (χ4v) is 4.36. The van der Waals surface area contributed by atoms with E-state index >= 15 is 0 Å². The lowest BCUT2D eigenvalue weighted by molar-refractivity contribution is 0.189. The van der Waals surface area contributed by atoms with Gasteiger partial charge in [0.1, 0.15) is 5.82 Å². The summed E-state index contributed by atoms with van der Waals surface area (Å²) >= 11 is 5.86. The average molecular weight is 378 g/mol. The zero-order chi connectivity index (χ0) is 18.2. The van der Waals surface area contributed by atoms with Crippen molar-refractivity contribution < 1.29 is 0 Å². The Morgan fingerprint density at radius 1 is 1.04 bits per heavy atom. The number of rotatable bonds is 5. The number of pyridine rings is 1. The molecule has 6 heteroatoms. The van der Waals surface area contributed by atoms with E-state index < -0.39 is 0 Å². The Morgan fingerprint density at radius 2 is 1.89 bits per heavy atom. The minimum atomic E-state index is 0.395. The molecule has 0 spiro atoms. The van der Waals surface area contributed by atoms with E-state index in [-0.39, 0.29) is 0 Å². The van der Waals surface area contributed by atoms with Gasteiger partial charge in [0.2, 0.25) is 4.77 Å². The first kappa shape index (κ1) is 16.8. The van der Waals surface area contributed by atoms with Gasteiger partial charge in [-0.1, -0.05) is 24.3 Å². The molecule has 3 aromatic rings. The molecule has 1 saturated heterocycles. The summed E-state index contributed by atoms with van der Waals surface area (Å²) in [4.78, 5) is 6.78. The van der Waals surface area contributed by atoms with E-state index in [1.807, 2.05) is 29.2 Å². The number of para-hydroxylation sites is 1. The first-order valence-electron chi connectivity index (χ1n) is 9.70. The summed E-state index contributed by atoms with van der Waals surface area (Å²) in [6.07, 6.45) is 8.60. The number of benzene rings is 1. The van der Waals surface area contributed by atoms with Gasteiger partial charge in [-0.3, -0.25) is 14.5 Å². The summed E-state index contributed by atoms with van der Waals surface area (Å²) in [6.45, 7) is 1.80. The van der Waals surface area contributed by atoms with Gasteiger partial charge in [0.15, 0.2) is 0 Å². The highest BCUT2D eigenvalue weighted by molar-refractivity contribution is 7.71. The van der Waals surface area contributed by atoms with Crippen LogP contribution in [0.2, 0.25) is 0 Å². The van der Waals surface area contributed by atoms with Crippen LogP contribution in [0.5, 0.6) is 0 Å². The lowest BCUT2D eigenvalue weighted by Gasteiger charge is -2.24. The van der Waals surface area contributed by atoms with Crippen LogP contribution < -0.4 is 0 Å². The second kappa shape index (κ2) is 7.02. The molecule has 1 aromatic carbocycles. The Labute approximate surface area is 164 Å². The normalized spacial score (nSPS) is 20.2. The molecule has 2 aromatic heterocycles. The maximum Gasteiger partial charge on any atom is 0.203 e. The van der Waals surface area contributed by atoms with Crippen molar-refractivity contribution in [1.82, 2.24) is 24.2 Å². The van der Waals surface area contributed by atoms with Crippen LogP contribution in [0.25, 0.3) is 5.69 Å². The van der Waals surface area contributed by atoms with Gasteiger partial charge in [-0.25, -0.2) is 4.68 Å². The van der Waals surface area contributed by atoms with Crippen molar-refractivity contribution in [3.8, 4) is 5.69 Å². The molecule has 0 radical (unpaired) electrons. The van der Waals surface area contributed by atoms with Crippen LogP contribution in [-0.4, -0.2) is 30.8 Å². The van der Waals surface area contributed by atoms with Crippen LogP contribution >= 0.6 is 12.2 Å². The molecule has 1 aliphatic carbocycles. The number of likely N-dealkylation sites (tertiary alicyclic amines) is 1. The summed E-state index contributed by atoms with van der Waals surface area (Å²) in [5.41, 5.74) is 2.40. The van der Waals surface area contributed by atoms with Crippen LogP contribution in [0, 0.1) is 4.77 Å². The maximum atomic E-state index is 5.86. The van der Waals surface area contributed by atoms with Gasteiger partial charge in [-0.05, 0) is 61.7 Å². The second-order valence-corrected chi connectivity index (χ2v) is 7.85. The van der Waals surface area contributed by atoms with Crippen molar-refractivity contribution in [2.45, 2.75) is 44.3 Å².